The molecule has 0 aliphatic carbocycles. The lowest BCUT2D eigenvalue weighted by atomic mass is 9.90. The van der Waals surface area contributed by atoms with Crippen LogP contribution in [0.1, 0.15) is 13.3 Å². The number of likely N-dealkylation sites (tertiary alicyclic amines) is 1. The number of aliphatic carboxylic acids is 1. The second kappa shape index (κ2) is 4.77. The minimum Gasteiger partial charge on any atom is -0.481 e. The largest absolute Gasteiger partial charge is 0.481 e. The predicted molar refractivity (Wildman–Crippen MR) is 66.7 cm³/mol. The smallest absolute Gasteiger partial charge is 0.327 e. The molecule has 0 spiro atoms. The second-order valence-electron chi connectivity index (χ2n) is 5.55. The number of rotatable bonds is 3. The van der Waals surface area contributed by atoms with E-state index < -0.39 is 29.2 Å². The van der Waals surface area contributed by atoms with Crippen molar-refractivity contribution in [1.29, 1.82) is 0 Å². The normalized spacial score (nSPS) is 26.6. The van der Waals surface area contributed by atoms with Gasteiger partial charge in [0.1, 0.15) is 13.1 Å². The molecule has 0 saturated carbocycles. The molecule has 1 N–H and O–H groups in total. The maximum Gasteiger partial charge on any atom is 0.327 e. The Morgan fingerprint density at radius 3 is 2.45 bits per heavy atom. The quantitative estimate of drug-likeness (QED) is 0.684. The van der Waals surface area contributed by atoms with Crippen molar-refractivity contribution in [2.75, 3.05) is 33.2 Å². The van der Waals surface area contributed by atoms with E-state index in [1.165, 1.54) is 16.8 Å². The van der Waals surface area contributed by atoms with E-state index in [4.69, 9.17) is 5.11 Å². The molecule has 0 radical (unpaired) electrons. The minimum absolute atomic E-state index is 0.0288. The van der Waals surface area contributed by atoms with Crippen LogP contribution in [-0.4, -0.2) is 76.8 Å². The maximum absolute atomic E-state index is 12.1. The monoisotopic (exact) mass is 283 g/mol. The van der Waals surface area contributed by atoms with E-state index in [9.17, 15) is 19.2 Å². The molecular formula is C12H17N3O5. The summed E-state index contributed by atoms with van der Waals surface area (Å²) in [4.78, 5) is 50.0. The van der Waals surface area contributed by atoms with E-state index in [2.05, 4.69) is 0 Å². The highest BCUT2D eigenvalue weighted by molar-refractivity contribution is 6.04. The summed E-state index contributed by atoms with van der Waals surface area (Å²) in [5.74, 6) is -1.75. The first kappa shape index (κ1) is 14.3. The molecule has 8 nitrogen and oxygen atoms in total. The predicted octanol–water partition coefficient (Wildman–Crippen LogP) is -0.796. The topological polar surface area (TPSA) is 98.2 Å². The van der Waals surface area contributed by atoms with Gasteiger partial charge in [-0.3, -0.25) is 19.3 Å². The summed E-state index contributed by atoms with van der Waals surface area (Å²) >= 11 is 0. The minimum atomic E-state index is -0.953. The maximum atomic E-state index is 12.1. The van der Waals surface area contributed by atoms with Gasteiger partial charge in [0.05, 0.1) is 5.41 Å². The Hall–Kier alpha value is -2.12. The molecule has 0 aromatic heterocycles. The van der Waals surface area contributed by atoms with Crippen LogP contribution in [0.3, 0.4) is 0 Å². The molecule has 2 heterocycles. The average molecular weight is 283 g/mol. The summed E-state index contributed by atoms with van der Waals surface area (Å²) in [5.41, 5.74) is -0.953. The molecule has 0 aromatic carbocycles. The lowest BCUT2D eigenvalue weighted by Crippen LogP contribution is -2.43. The number of imide groups is 1. The van der Waals surface area contributed by atoms with Crippen LogP contribution in [-0.2, 0) is 14.4 Å². The first-order valence-corrected chi connectivity index (χ1v) is 6.31. The average Bonchev–Trinajstić information content (AvgIpc) is 2.87. The van der Waals surface area contributed by atoms with Crippen molar-refractivity contribution in [3.05, 3.63) is 0 Å². The number of carbonyl (C=O) groups is 4. The molecule has 2 fully saturated rings. The Morgan fingerprint density at radius 1 is 1.35 bits per heavy atom. The van der Waals surface area contributed by atoms with Crippen molar-refractivity contribution in [3.63, 3.8) is 0 Å². The van der Waals surface area contributed by atoms with Gasteiger partial charge in [-0.1, -0.05) is 0 Å². The Morgan fingerprint density at radius 2 is 2.00 bits per heavy atom. The zero-order valence-corrected chi connectivity index (χ0v) is 11.5. The first-order valence-electron chi connectivity index (χ1n) is 6.31. The van der Waals surface area contributed by atoms with Crippen LogP contribution in [0.25, 0.3) is 0 Å². The summed E-state index contributed by atoms with van der Waals surface area (Å²) in [6.45, 7) is 1.67. The van der Waals surface area contributed by atoms with Crippen LogP contribution in [0.4, 0.5) is 4.79 Å². The molecule has 1 unspecified atom stereocenters. The number of carbonyl (C=O) groups excluding carboxylic acids is 3. The molecule has 0 aromatic rings. The second-order valence-corrected chi connectivity index (χ2v) is 5.55. The molecule has 2 aliphatic heterocycles. The van der Waals surface area contributed by atoms with Crippen molar-refractivity contribution in [3.8, 4) is 0 Å². The summed E-state index contributed by atoms with van der Waals surface area (Å²) < 4.78 is 0. The number of carboxylic acids is 1. The molecule has 0 bridgehead atoms. The zero-order chi connectivity index (χ0) is 15.1. The highest BCUT2D eigenvalue weighted by Gasteiger charge is 2.43. The van der Waals surface area contributed by atoms with Crippen LogP contribution in [0.5, 0.6) is 0 Å². The summed E-state index contributed by atoms with van der Waals surface area (Å²) in [7, 11) is 1.49. The third kappa shape index (κ3) is 2.33. The first-order chi connectivity index (χ1) is 9.24. The number of urea groups is 1. The zero-order valence-electron chi connectivity index (χ0n) is 11.5. The Labute approximate surface area is 115 Å². The lowest BCUT2D eigenvalue weighted by molar-refractivity contribution is -0.147. The van der Waals surface area contributed by atoms with Crippen LogP contribution in [0, 0.1) is 5.41 Å². The lowest BCUT2D eigenvalue weighted by Gasteiger charge is -2.22. The van der Waals surface area contributed by atoms with Crippen molar-refractivity contribution >= 4 is 23.8 Å². The van der Waals surface area contributed by atoms with Gasteiger partial charge in [0.15, 0.2) is 0 Å². The van der Waals surface area contributed by atoms with Gasteiger partial charge in [-0.05, 0) is 13.3 Å². The van der Waals surface area contributed by atoms with Crippen molar-refractivity contribution in [2.45, 2.75) is 13.3 Å². The Bertz CT molecular complexity index is 491. The fraction of sp³-hybridized carbons (Fsp3) is 0.667. The summed E-state index contributed by atoms with van der Waals surface area (Å²) in [6, 6.07) is -0.497. The van der Waals surface area contributed by atoms with Crippen LogP contribution in [0.2, 0.25) is 0 Å². The van der Waals surface area contributed by atoms with Crippen molar-refractivity contribution < 1.29 is 24.3 Å². The molecule has 4 amide bonds. The number of hydrogen-bond donors (Lipinski definition) is 1. The van der Waals surface area contributed by atoms with Gasteiger partial charge in [-0.25, -0.2) is 4.79 Å². The molecule has 2 rings (SSSR count). The van der Waals surface area contributed by atoms with Gasteiger partial charge in [-0.15, -0.1) is 0 Å². The molecule has 110 valence electrons. The third-order valence-corrected chi connectivity index (χ3v) is 3.87. The van der Waals surface area contributed by atoms with Gasteiger partial charge in [-0.2, -0.15) is 0 Å². The van der Waals surface area contributed by atoms with Gasteiger partial charge < -0.3 is 14.9 Å². The fourth-order valence-corrected chi connectivity index (χ4v) is 2.41. The fourth-order valence-electron chi connectivity index (χ4n) is 2.41. The van der Waals surface area contributed by atoms with E-state index in [1.54, 1.807) is 6.92 Å². The molecule has 1 atom stereocenters. The van der Waals surface area contributed by atoms with Gasteiger partial charge in [0.2, 0.25) is 5.91 Å². The molecule has 20 heavy (non-hydrogen) atoms. The Kier molecular flexibility index (Phi) is 3.41. The molecular weight excluding hydrogens is 266 g/mol. The van der Waals surface area contributed by atoms with Crippen LogP contribution in [0.15, 0.2) is 0 Å². The summed E-state index contributed by atoms with van der Waals surface area (Å²) in [5, 5.41) is 9.11. The molecule has 8 heteroatoms. The van der Waals surface area contributed by atoms with Gasteiger partial charge in [0.25, 0.3) is 5.91 Å². The molecule has 2 saturated heterocycles. The van der Waals surface area contributed by atoms with Gasteiger partial charge >= 0.3 is 12.0 Å². The van der Waals surface area contributed by atoms with E-state index in [-0.39, 0.29) is 19.6 Å². The highest BCUT2D eigenvalue weighted by atomic mass is 16.4. The van der Waals surface area contributed by atoms with Crippen molar-refractivity contribution in [1.82, 2.24) is 14.7 Å². The third-order valence-electron chi connectivity index (χ3n) is 3.87. The number of amides is 4. The number of carboxylic acid groups (broad SMARTS) is 1. The van der Waals surface area contributed by atoms with E-state index in [0.717, 1.165) is 4.90 Å². The number of hydrogen-bond acceptors (Lipinski definition) is 4. The van der Waals surface area contributed by atoms with Gasteiger partial charge in [0, 0.05) is 20.1 Å². The Balaban J connectivity index is 1.99. The van der Waals surface area contributed by atoms with Crippen molar-refractivity contribution in [2.24, 2.45) is 5.41 Å². The number of likely N-dealkylation sites (N-methyl/N-ethyl adjacent to an activating group) is 1. The van der Waals surface area contributed by atoms with E-state index in [1.807, 2.05) is 0 Å². The number of nitrogens with zero attached hydrogens (tertiary/aromatic N) is 3. The van der Waals surface area contributed by atoms with E-state index in [0.29, 0.717) is 13.0 Å². The highest BCUT2D eigenvalue weighted by Crippen LogP contribution is 2.30. The van der Waals surface area contributed by atoms with Crippen LogP contribution >= 0.6 is 0 Å². The SMILES string of the molecule is CN1CC(=O)N(CC(=O)N2CCC(C)(C(=O)O)C2)C1=O. The standard InChI is InChI=1S/C12H17N3O5/c1-12(10(18)19)3-4-14(7-12)8(16)6-15-9(17)5-13(2)11(15)20/h3-7H2,1-2H3,(H,18,19). The molecule has 2 aliphatic rings. The van der Waals surface area contributed by atoms with Crippen LogP contribution < -0.4 is 0 Å². The summed E-state index contributed by atoms with van der Waals surface area (Å²) in [6.07, 6.45) is 0.371. The van der Waals surface area contributed by atoms with E-state index >= 15 is 0 Å².